The predicted octanol–water partition coefficient (Wildman–Crippen LogP) is 8.75. The molecule has 0 aliphatic heterocycles. The van der Waals surface area contributed by atoms with Gasteiger partial charge in [-0.3, -0.25) is 0 Å². The van der Waals surface area contributed by atoms with E-state index < -0.39 is 23.4 Å². The number of hydrogen-bond acceptors (Lipinski definition) is 0. The smallest absolute Gasteiger partial charge is 0.206 e. The summed E-state index contributed by atoms with van der Waals surface area (Å²) in [5, 5.41) is 0. The van der Waals surface area contributed by atoms with Crippen molar-refractivity contribution in [2.75, 3.05) is 0 Å². The molecule has 0 aromatic heterocycles. The van der Waals surface area contributed by atoms with Crippen LogP contribution in [0.15, 0.2) is 36.4 Å². The van der Waals surface area contributed by atoms with Crippen LogP contribution in [0.5, 0.6) is 0 Å². The highest BCUT2D eigenvalue weighted by atomic mass is 19.4. The Kier molecular flexibility index (Phi) is 7.20. The Labute approximate surface area is 175 Å². The maximum Gasteiger partial charge on any atom is 0.422 e. The maximum atomic E-state index is 15.2. The minimum Gasteiger partial charge on any atom is -0.206 e. The molecule has 30 heavy (non-hydrogen) atoms. The molecule has 0 amide bonds. The lowest BCUT2D eigenvalue weighted by atomic mass is 9.74. The van der Waals surface area contributed by atoms with E-state index in [1.54, 1.807) is 30.3 Å². The zero-order valence-electron chi connectivity index (χ0n) is 17.5. The summed E-state index contributed by atoms with van der Waals surface area (Å²) >= 11 is 0. The SMILES string of the molecule is CC(C)CCCC1CCC(c2c(-c3ccccc3)cc(F)c(C(F)(F)F)c2F)CC1. The van der Waals surface area contributed by atoms with Crippen LogP contribution in [-0.2, 0) is 6.18 Å². The van der Waals surface area contributed by atoms with Gasteiger partial charge in [0.25, 0.3) is 0 Å². The van der Waals surface area contributed by atoms with Gasteiger partial charge < -0.3 is 0 Å². The molecule has 1 fully saturated rings. The van der Waals surface area contributed by atoms with E-state index in [0.29, 0.717) is 30.2 Å². The van der Waals surface area contributed by atoms with Gasteiger partial charge in [-0.1, -0.05) is 63.4 Å². The van der Waals surface area contributed by atoms with E-state index in [4.69, 9.17) is 0 Å². The molecule has 2 aromatic carbocycles. The second kappa shape index (κ2) is 9.49. The molecule has 1 aliphatic carbocycles. The maximum absolute atomic E-state index is 15.2. The fourth-order valence-corrected chi connectivity index (χ4v) is 4.70. The lowest BCUT2D eigenvalue weighted by molar-refractivity contribution is -0.142. The standard InChI is InChI=1S/C25H29F5/c1-16(2)7-6-8-17-11-13-19(14-12-17)22-20(18-9-4-3-5-10-18)15-21(26)23(24(22)27)25(28,29)30/h3-5,9-10,15-17,19H,6-8,11-14H2,1-2H3. The summed E-state index contributed by atoms with van der Waals surface area (Å²) in [6.45, 7) is 4.38. The zero-order chi connectivity index (χ0) is 21.9. The van der Waals surface area contributed by atoms with E-state index in [0.717, 1.165) is 31.7 Å². The molecule has 5 heteroatoms. The van der Waals surface area contributed by atoms with Crippen molar-refractivity contribution in [3.05, 3.63) is 59.2 Å². The minimum atomic E-state index is -5.06. The van der Waals surface area contributed by atoms with Gasteiger partial charge >= 0.3 is 6.18 Å². The molecule has 0 unspecified atom stereocenters. The predicted molar refractivity (Wildman–Crippen MR) is 110 cm³/mol. The molecule has 0 spiro atoms. The van der Waals surface area contributed by atoms with E-state index in [9.17, 15) is 17.6 Å². The molecule has 164 valence electrons. The number of rotatable bonds is 6. The van der Waals surface area contributed by atoms with E-state index >= 15 is 4.39 Å². The highest BCUT2D eigenvalue weighted by Crippen LogP contribution is 2.46. The topological polar surface area (TPSA) is 0 Å². The van der Waals surface area contributed by atoms with Gasteiger partial charge in [0.15, 0.2) is 0 Å². The van der Waals surface area contributed by atoms with Crippen LogP contribution in [0, 0.1) is 23.5 Å². The second-order valence-corrected chi connectivity index (χ2v) is 8.91. The van der Waals surface area contributed by atoms with Crippen molar-refractivity contribution >= 4 is 0 Å². The van der Waals surface area contributed by atoms with Crippen LogP contribution in [0.2, 0.25) is 0 Å². The Balaban J connectivity index is 1.91. The third kappa shape index (κ3) is 5.22. The molecule has 0 atom stereocenters. The molecular weight excluding hydrogens is 395 g/mol. The molecule has 3 rings (SSSR count). The summed E-state index contributed by atoms with van der Waals surface area (Å²) in [7, 11) is 0. The van der Waals surface area contributed by atoms with Crippen molar-refractivity contribution < 1.29 is 22.0 Å². The van der Waals surface area contributed by atoms with Gasteiger partial charge in [0.05, 0.1) is 0 Å². The molecule has 0 bridgehead atoms. The molecule has 2 aromatic rings. The quantitative estimate of drug-likeness (QED) is 0.407. The molecule has 0 radical (unpaired) electrons. The van der Waals surface area contributed by atoms with Gasteiger partial charge in [0.2, 0.25) is 0 Å². The molecule has 0 nitrogen and oxygen atoms in total. The molecular formula is C25H29F5. The van der Waals surface area contributed by atoms with Crippen molar-refractivity contribution in [1.29, 1.82) is 0 Å². The monoisotopic (exact) mass is 424 g/mol. The summed E-state index contributed by atoms with van der Waals surface area (Å²) < 4.78 is 69.7. The van der Waals surface area contributed by atoms with Gasteiger partial charge in [-0.15, -0.1) is 0 Å². The lowest BCUT2D eigenvalue weighted by Gasteiger charge is -2.31. The summed E-state index contributed by atoms with van der Waals surface area (Å²) in [5.74, 6) is -2.13. The van der Waals surface area contributed by atoms with Gasteiger partial charge in [0.1, 0.15) is 17.2 Å². The van der Waals surface area contributed by atoms with Crippen molar-refractivity contribution in [2.24, 2.45) is 11.8 Å². The Morgan fingerprint density at radius 3 is 2.17 bits per heavy atom. The first-order valence-electron chi connectivity index (χ1n) is 10.8. The van der Waals surface area contributed by atoms with Gasteiger partial charge in [-0.2, -0.15) is 13.2 Å². The van der Waals surface area contributed by atoms with Gasteiger partial charge in [0, 0.05) is 0 Å². The lowest BCUT2D eigenvalue weighted by Crippen LogP contribution is -2.19. The average Bonchev–Trinajstić information content (AvgIpc) is 2.68. The number of halogens is 5. The number of benzene rings is 2. The normalized spacial score (nSPS) is 20.0. The summed E-state index contributed by atoms with van der Waals surface area (Å²) in [4.78, 5) is 0. The van der Waals surface area contributed by atoms with E-state index in [2.05, 4.69) is 13.8 Å². The molecule has 0 saturated heterocycles. The van der Waals surface area contributed by atoms with Crippen LogP contribution in [0.3, 0.4) is 0 Å². The van der Waals surface area contributed by atoms with Crippen molar-refractivity contribution in [3.63, 3.8) is 0 Å². The first-order chi connectivity index (χ1) is 14.2. The summed E-state index contributed by atoms with van der Waals surface area (Å²) in [5.41, 5.74) is -0.966. The first-order valence-corrected chi connectivity index (χ1v) is 10.8. The number of hydrogen-bond donors (Lipinski definition) is 0. The van der Waals surface area contributed by atoms with Crippen LogP contribution in [0.25, 0.3) is 11.1 Å². The number of alkyl halides is 3. The fourth-order valence-electron chi connectivity index (χ4n) is 4.70. The van der Waals surface area contributed by atoms with Crippen LogP contribution in [0.1, 0.15) is 75.8 Å². The van der Waals surface area contributed by atoms with Crippen molar-refractivity contribution in [2.45, 2.75) is 70.9 Å². The summed E-state index contributed by atoms with van der Waals surface area (Å²) in [6.07, 6.45) is 1.36. The van der Waals surface area contributed by atoms with Crippen LogP contribution >= 0.6 is 0 Å². The second-order valence-electron chi connectivity index (χ2n) is 8.91. The van der Waals surface area contributed by atoms with Crippen LogP contribution < -0.4 is 0 Å². The van der Waals surface area contributed by atoms with Crippen LogP contribution in [0.4, 0.5) is 22.0 Å². The molecule has 0 heterocycles. The third-order valence-electron chi connectivity index (χ3n) is 6.27. The Morgan fingerprint density at radius 1 is 0.967 bits per heavy atom. The van der Waals surface area contributed by atoms with E-state index in [1.165, 1.54) is 6.42 Å². The largest absolute Gasteiger partial charge is 0.422 e. The zero-order valence-corrected chi connectivity index (χ0v) is 17.5. The summed E-state index contributed by atoms with van der Waals surface area (Å²) in [6, 6.07) is 9.44. The van der Waals surface area contributed by atoms with Gasteiger partial charge in [-0.25, -0.2) is 8.78 Å². The first kappa shape index (κ1) is 22.8. The third-order valence-corrected chi connectivity index (χ3v) is 6.27. The molecule has 0 N–H and O–H groups in total. The molecule has 1 aliphatic rings. The average molecular weight is 424 g/mol. The van der Waals surface area contributed by atoms with Gasteiger partial charge in [-0.05, 0) is 66.2 Å². The van der Waals surface area contributed by atoms with E-state index in [-0.39, 0.29) is 17.0 Å². The van der Waals surface area contributed by atoms with Crippen LogP contribution in [-0.4, -0.2) is 0 Å². The highest BCUT2D eigenvalue weighted by Gasteiger charge is 2.41. The Hall–Kier alpha value is -1.91. The minimum absolute atomic E-state index is 0.0237. The highest BCUT2D eigenvalue weighted by molar-refractivity contribution is 5.69. The van der Waals surface area contributed by atoms with E-state index in [1.807, 2.05) is 0 Å². The Bertz CT molecular complexity index is 831. The van der Waals surface area contributed by atoms with Crippen molar-refractivity contribution in [3.8, 4) is 11.1 Å². The Morgan fingerprint density at radius 2 is 1.60 bits per heavy atom. The molecule has 1 saturated carbocycles. The fraction of sp³-hybridized carbons (Fsp3) is 0.520. The van der Waals surface area contributed by atoms with Crippen molar-refractivity contribution in [1.82, 2.24) is 0 Å².